The van der Waals surface area contributed by atoms with Gasteiger partial charge in [0.2, 0.25) is 12.2 Å². The van der Waals surface area contributed by atoms with Gasteiger partial charge in [0.1, 0.15) is 12.2 Å². The van der Waals surface area contributed by atoms with E-state index in [4.69, 9.17) is 9.47 Å². The molecule has 0 unspecified atom stereocenters. The maximum atomic E-state index is 11.6. The highest BCUT2D eigenvalue weighted by molar-refractivity contribution is 5.76. The van der Waals surface area contributed by atoms with Gasteiger partial charge in [-0.25, -0.2) is 4.68 Å². The molecule has 0 spiro atoms. The summed E-state index contributed by atoms with van der Waals surface area (Å²) >= 11 is 0. The van der Waals surface area contributed by atoms with Gasteiger partial charge in [0.25, 0.3) is 0 Å². The molecule has 0 bridgehead atoms. The van der Waals surface area contributed by atoms with E-state index in [9.17, 15) is 4.79 Å². The molecular weight excluding hydrogens is 248 g/mol. The van der Waals surface area contributed by atoms with Crippen LogP contribution in [0.2, 0.25) is 0 Å². The molecule has 1 saturated carbocycles. The Balaban J connectivity index is 1.90. The van der Waals surface area contributed by atoms with Crippen molar-refractivity contribution in [1.29, 1.82) is 0 Å². The summed E-state index contributed by atoms with van der Waals surface area (Å²) in [5, 5.41) is 10.8. The van der Waals surface area contributed by atoms with Crippen LogP contribution < -0.4 is 5.32 Å². The lowest BCUT2D eigenvalue weighted by atomic mass is 10.4. The Morgan fingerprint density at radius 1 is 1.47 bits per heavy atom. The van der Waals surface area contributed by atoms with E-state index in [0.717, 1.165) is 12.8 Å². The maximum absolute atomic E-state index is 11.6. The molecule has 0 saturated heterocycles. The van der Waals surface area contributed by atoms with Gasteiger partial charge in [-0.1, -0.05) is 5.21 Å². The van der Waals surface area contributed by atoms with Gasteiger partial charge in [0.05, 0.1) is 6.20 Å². The summed E-state index contributed by atoms with van der Waals surface area (Å²) in [6.07, 6.45) is 3.31. The van der Waals surface area contributed by atoms with Gasteiger partial charge >= 0.3 is 0 Å². The van der Waals surface area contributed by atoms with Crippen LogP contribution in [0.25, 0.3) is 0 Å². The summed E-state index contributed by atoms with van der Waals surface area (Å²) < 4.78 is 12.3. The fourth-order valence-electron chi connectivity index (χ4n) is 1.67. The minimum Gasteiger partial charge on any atom is -0.352 e. The number of carbonyl (C=O) groups is 1. The second-order valence-corrected chi connectivity index (χ2v) is 4.43. The van der Waals surface area contributed by atoms with Gasteiger partial charge in [-0.05, 0) is 26.7 Å². The largest absolute Gasteiger partial charge is 0.352 e. The Bertz CT molecular complexity index is 411. The highest BCUT2D eigenvalue weighted by atomic mass is 16.7. The van der Waals surface area contributed by atoms with Crippen LogP contribution in [0.4, 0.5) is 0 Å². The molecule has 7 nitrogen and oxygen atoms in total. The summed E-state index contributed by atoms with van der Waals surface area (Å²) in [5.41, 5.74) is 0.586. The Kier molecular flexibility index (Phi) is 4.86. The van der Waals surface area contributed by atoms with Crippen LogP contribution >= 0.6 is 0 Å². The first-order valence-corrected chi connectivity index (χ1v) is 6.65. The van der Waals surface area contributed by atoms with E-state index in [1.165, 1.54) is 4.68 Å². The quantitative estimate of drug-likeness (QED) is 0.700. The number of nitrogens with zero attached hydrogens (tertiary/aromatic N) is 3. The van der Waals surface area contributed by atoms with Gasteiger partial charge in [-0.2, -0.15) is 0 Å². The molecule has 0 aliphatic heterocycles. The summed E-state index contributed by atoms with van der Waals surface area (Å²) in [4.78, 5) is 11.6. The molecule has 1 aliphatic rings. The lowest BCUT2D eigenvalue weighted by Crippen LogP contribution is -2.29. The van der Waals surface area contributed by atoms with Crippen LogP contribution in [-0.4, -0.2) is 40.2 Å². The van der Waals surface area contributed by atoms with E-state index < -0.39 is 6.29 Å². The molecule has 1 aromatic heterocycles. The van der Waals surface area contributed by atoms with Gasteiger partial charge in [-0.15, -0.1) is 5.10 Å². The van der Waals surface area contributed by atoms with Gasteiger partial charge in [0, 0.05) is 19.3 Å². The molecule has 1 N–H and O–H groups in total. The van der Waals surface area contributed by atoms with Crippen molar-refractivity contribution >= 4 is 5.91 Å². The third-order valence-corrected chi connectivity index (χ3v) is 2.68. The molecule has 1 heterocycles. The number of rotatable bonds is 8. The third-order valence-electron chi connectivity index (χ3n) is 2.68. The van der Waals surface area contributed by atoms with Crippen molar-refractivity contribution in [3.8, 4) is 0 Å². The molecular formula is C12H20N4O3. The molecule has 0 radical (unpaired) electrons. The van der Waals surface area contributed by atoms with E-state index in [-0.39, 0.29) is 12.5 Å². The monoisotopic (exact) mass is 268 g/mol. The Morgan fingerprint density at radius 2 is 2.16 bits per heavy atom. The number of hydrogen-bond donors (Lipinski definition) is 1. The molecule has 106 valence electrons. The van der Waals surface area contributed by atoms with Crippen molar-refractivity contribution in [2.24, 2.45) is 0 Å². The van der Waals surface area contributed by atoms with Crippen molar-refractivity contribution in [2.45, 2.75) is 45.6 Å². The number of nitrogens with one attached hydrogen (secondary N) is 1. The normalized spacial score (nSPS) is 14.9. The van der Waals surface area contributed by atoms with Crippen LogP contribution in [0.3, 0.4) is 0 Å². The molecule has 1 fully saturated rings. The number of aromatic nitrogens is 3. The highest BCUT2D eigenvalue weighted by Gasteiger charge is 2.23. The Morgan fingerprint density at radius 3 is 2.74 bits per heavy atom. The zero-order valence-corrected chi connectivity index (χ0v) is 11.3. The van der Waals surface area contributed by atoms with E-state index in [2.05, 4.69) is 15.6 Å². The van der Waals surface area contributed by atoms with Crippen LogP contribution in [-0.2, 0) is 20.8 Å². The van der Waals surface area contributed by atoms with Gasteiger partial charge < -0.3 is 14.8 Å². The summed E-state index contributed by atoms with van der Waals surface area (Å²) in [7, 11) is 0. The first-order valence-electron chi connectivity index (χ1n) is 6.65. The van der Waals surface area contributed by atoms with E-state index in [0.29, 0.717) is 24.9 Å². The van der Waals surface area contributed by atoms with Crippen molar-refractivity contribution < 1.29 is 14.3 Å². The third kappa shape index (κ3) is 4.29. The van der Waals surface area contributed by atoms with Crippen LogP contribution in [0.1, 0.15) is 38.7 Å². The fourth-order valence-corrected chi connectivity index (χ4v) is 1.67. The topological polar surface area (TPSA) is 78.3 Å². The number of ether oxygens (including phenoxy) is 2. The predicted octanol–water partition coefficient (Wildman–Crippen LogP) is 0.628. The standard InChI is InChI=1S/C12H20N4O3/c1-3-18-12(19-4-2)10-7-16(15-14-10)8-11(17)13-9-5-6-9/h7,9,12H,3-6,8H2,1-2H3,(H,13,17). The second kappa shape index (κ2) is 6.63. The van der Waals surface area contributed by atoms with Crippen LogP contribution in [0.5, 0.6) is 0 Å². The van der Waals surface area contributed by atoms with Crippen molar-refractivity contribution in [2.75, 3.05) is 13.2 Å². The highest BCUT2D eigenvalue weighted by Crippen LogP contribution is 2.18. The molecule has 7 heteroatoms. The van der Waals surface area contributed by atoms with Crippen molar-refractivity contribution in [1.82, 2.24) is 20.3 Å². The van der Waals surface area contributed by atoms with Crippen molar-refractivity contribution in [3.63, 3.8) is 0 Å². The number of carbonyl (C=O) groups excluding carboxylic acids is 1. The minimum atomic E-state index is -0.518. The average Bonchev–Trinajstić information content (AvgIpc) is 3.05. The molecule has 1 aromatic rings. The number of amides is 1. The molecule has 1 aliphatic carbocycles. The maximum Gasteiger partial charge on any atom is 0.242 e. The molecule has 0 atom stereocenters. The van der Waals surface area contributed by atoms with E-state index in [1.807, 2.05) is 13.8 Å². The fraction of sp³-hybridized carbons (Fsp3) is 0.750. The number of hydrogen-bond acceptors (Lipinski definition) is 5. The molecule has 0 aromatic carbocycles. The molecule has 1 amide bonds. The van der Waals surface area contributed by atoms with Crippen LogP contribution in [0.15, 0.2) is 6.20 Å². The first-order chi connectivity index (χ1) is 9.22. The zero-order valence-electron chi connectivity index (χ0n) is 11.3. The van der Waals surface area contributed by atoms with Crippen LogP contribution in [0, 0.1) is 0 Å². The van der Waals surface area contributed by atoms with Gasteiger partial charge in [-0.3, -0.25) is 4.79 Å². The predicted molar refractivity (Wildman–Crippen MR) is 67.2 cm³/mol. The SMILES string of the molecule is CCOC(OCC)c1cn(CC(=O)NC2CC2)nn1. The minimum absolute atomic E-state index is 0.0386. The molecule has 2 rings (SSSR count). The van der Waals surface area contributed by atoms with Gasteiger partial charge in [0.15, 0.2) is 0 Å². The van der Waals surface area contributed by atoms with E-state index in [1.54, 1.807) is 6.20 Å². The Hall–Kier alpha value is -1.47. The molecule has 19 heavy (non-hydrogen) atoms. The van der Waals surface area contributed by atoms with E-state index >= 15 is 0 Å². The summed E-state index contributed by atoms with van der Waals surface area (Å²) in [5.74, 6) is -0.0386. The lowest BCUT2D eigenvalue weighted by Gasteiger charge is -2.13. The summed E-state index contributed by atoms with van der Waals surface area (Å²) in [6.45, 7) is 5.01. The second-order valence-electron chi connectivity index (χ2n) is 4.43. The lowest BCUT2D eigenvalue weighted by molar-refractivity contribution is -0.142. The smallest absolute Gasteiger partial charge is 0.242 e. The zero-order chi connectivity index (χ0) is 13.7. The Labute approximate surface area is 112 Å². The summed E-state index contributed by atoms with van der Waals surface area (Å²) in [6, 6.07) is 0.357. The first kappa shape index (κ1) is 14.0. The van der Waals surface area contributed by atoms with Crippen molar-refractivity contribution in [3.05, 3.63) is 11.9 Å². The average molecular weight is 268 g/mol.